The number of nitriles is 1. The van der Waals surface area contributed by atoms with Crippen LogP contribution in [0.2, 0.25) is 0 Å². The number of hydrogen-bond acceptors (Lipinski definition) is 5. The van der Waals surface area contributed by atoms with Gasteiger partial charge in [-0.2, -0.15) is 5.26 Å². The molecule has 0 spiro atoms. The van der Waals surface area contributed by atoms with E-state index in [4.69, 9.17) is 14.4 Å². The Hall–Kier alpha value is -3.39. The number of furan rings is 1. The van der Waals surface area contributed by atoms with Gasteiger partial charge >= 0.3 is 5.97 Å². The maximum absolute atomic E-state index is 12.0. The molecule has 0 unspecified atom stereocenters. The number of carbonyl (C=O) groups is 2. The molecule has 0 aliphatic rings. The van der Waals surface area contributed by atoms with Crippen molar-refractivity contribution in [3.8, 4) is 6.07 Å². The fourth-order valence-electron chi connectivity index (χ4n) is 2.09. The number of rotatable bonds is 4. The number of carbonyl (C=O) groups excluding carboxylic acids is 2. The molecule has 0 atom stereocenters. The molecule has 0 saturated carbocycles. The van der Waals surface area contributed by atoms with Crippen LogP contribution in [0.4, 0.5) is 0 Å². The standard InChI is InChI=1S/C18H11NO4/c19-10-12-5-7-13(8-6-12)18(21)22-11-15(20)17-9-14-3-1-2-4-16(14)23-17/h1-9H,11H2. The van der Waals surface area contributed by atoms with Crippen molar-refractivity contribution in [3.63, 3.8) is 0 Å². The fourth-order valence-corrected chi connectivity index (χ4v) is 2.09. The quantitative estimate of drug-likeness (QED) is 0.545. The van der Waals surface area contributed by atoms with E-state index in [1.54, 1.807) is 12.1 Å². The molecule has 112 valence electrons. The minimum atomic E-state index is -0.626. The van der Waals surface area contributed by atoms with Crippen LogP contribution >= 0.6 is 0 Å². The molecule has 2 aromatic carbocycles. The summed E-state index contributed by atoms with van der Waals surface area (Å²) in [4.78, 5) is 23.9. The Balaban J connectivity index is 1.66. The molecule has 0 aliphatic heterocycles. The average Bonchev–Trinajstić information content (AvgIpc) is 3.03. The third kappa shape index (κ3) is 3.11. The Labute approximate surface area is 131 Å². The first-order valence-corrected chi connectivity index (χ1v) is 6.86. The number of ketones is 1. The normalized spacial score (nSPS) is 10.2. The first kappa shape index (κ1) is 14.5. The zero-order valence-electron chi connectivity index (χ0n) is 12.0. The van der Waals surface area contributed by atoms with E-state index in [9.17, 15) is 9.59 Å². The minimum Gasteiger partial charge on any atom is -0.454 e. The van der Waals surface area contributed by atoms with E-state index in [-0.39, 0.29) is 11.3 Å². The van der Waals surface area contributed by atoms with Gasteiger partial charge in [-0.3, -0.25) is 4.79 Å². The highest BCUT2D eigenvalue weighted by Crippen LogP contribution is 2.19. The molecule has 0 bridgehead atoms. The largest absolute Gasteiger partial charge is 0.454 e. The summed E-state index contributed by atoms with van der Waals surface area (Å²) in [6.07, 6.45) is 0. The van der Waals surface area contributed by atoms with Gasteiger partial charge in [-0.25, -0.2) is 4.79 Å². The number of para-hydroxylation sites is 1. The number of Topliss-reactive ketones (excluding diaryl/α,β-unsaturated/α-hetero) is 1. The molecule has 0 aliphatic carbocycles. The molecule has 0 fully saturated rings. The van der Waals surface area contributed by atoms with Gasteiger partial charge in [-0.1, -0.05) is 18.2 Å². The van der Waals surface area contributed by atoms with E-state index in [0.717, 1.165) is 5.39 Å². The van der Waals surface area contributed by atoms with Crippen LogP contribution in [0.25, 0.3) is 11.0 Å². The SMILES string of the molecule is N#Cc1ccc(C(=O)OCC(=O)c2cc3ccccc3o2)cc1. The first-order chi connectivity index (χ1) is 11.2. The lowest BCUT2D eigenvalue weighted by molar-refractivity contribution is 0.0468. The van der Waals surface area contributed by atoms with Gasteiger partial charge in [0.25, 0.3) is 0 Å². The highest BCUT2D eigenvalue weighted by molar-refractivity contribution is 6.00. The Bertz CT molecular complexity index is 883. The van der Waals surface area contributed by atoms with E-state index >= 15 is 0 Å². The monoisotopic (exact) mass is 305 g/mol. The highest BCUT2D eigenvalue weighted by Gasteiger charge is 2.15. The number of fused-ring (bicyclic) bond motifs is 1. The zero-order valence-corrected chi connectivity index (χ0v) is 12.0. The minimum absolute atomic E-state index is 0.152. The maximum Gasteiger partial charge on any atom is 0.338 e. The van der Waals surface area contributed by atoms with Crippen LogP contribution < -0.4 is 0 Å². The lowest BCUT2D eigenvalue weighted by atomic mass is 10.1. The van der Waals surface area contributed by atoms with Gasteiger partial charge < -0.3 is 9.15 Å². The molecule has 3 rings (SSSR count). The van der Waals surface area contributed by atoms with Gasteiger partial charge in [0.1, 0.15) is 5.58 Å². The molecular formula is C18H11NO4. The lowest BCUT2D eigenvalue weighted by Crippen LogP contribution is -2.13. The molecule has 3 aromatic rings. The summed E-state index contributed by atoms with van der Waals surface area (Å²) in [5, 5.41) is 9.52. The van der Waals surface area contributed by atoms with Crippen molar-refractivity contribution in [3.05, 3.63) is 71.5 Å². The van der Waals surface area contributed by atoms with E-state index in [1.165, 1.54) is 24.3 Å². The van der Waals surface area contributed by atoms with Gasteiger partial charge in [-0.15, -0.1) is 0 Å². The Morgan fingerprint density at radius 1 is 1.09 bits per heavy atom. The summed E-state index contributed by atoms with van der Waals surface area (Å²) >= 11 is 0. The second-order valence-electron chi connectivity index (χ2n) is 4.84. The summed E-state index contributed by atoms with van der Waals surface area (Å²) in [7, 11) is 0. The fraction of sp³-hybridized carbons (Fsp3) is 0.0556. The van der Waals surface area contributed by atoms with Crippen molar-refractivity contribution < 1.29 is 18.7 Å². The lowest BCUT2D eigenvalue weighted by Gasteiger charge is -2.03. The van der Waals surface area contributed by atoms with E-state index < -0.39 is 18.4 Å². The Morgan fingerprint density at radius 2 is 1.83 bits per heavy atom. The summed E-state index contributed by atoms with van der Waals surface area (Å²) in [5.74, 6) is -0.888. The molecule has 5 heteroatoms. The third-order valence-corrected chi connectivity index (χ3v) is 3.28. The van der Waals surface area contributed by atoms with Gasteiger partial charge in [0.05, 0.1) is 17.2 Å². The molecular weight excluding hydrogens is 294 g/mol. The first-order valence-electron chi connectivity index (χ1n) is 6.86. The Morgan fingerprint density at radius 3 is 2.52 bits per heavy atom. The van der Waals surface area contributed by atoms with E-state index in [1.807, 2.05) is 24.3 Å². The van der Waals surface area contributed by atoms with Crippen molar-refractivity contribution in [1.29, 1.82) is 5.26 Å². The topological polar surface area (TPSA) is 80.3 Å². The van der Waals surface area contributed by atoms with Crippen LogP contribution in [0.5, 0.6) is 0 Å². The van der Waals surface area contributed by atoms with Crippen LogP contribution in [0.1, 0.15) is 26.5 Å². The maximum atomic E-state index is 12.0. The number of nitrogens with zero attached hydrogens (tertiary/aromatic N) is 1. The van der Waals surface area contributed by atoms with Gasteiger partial charge in [-0.05, 0) is 36.4 Å². The third-order valence-electron chi connectivity index (χ3n) is 3.28. The van der Waals surface area contributed by atoms with Crippen molar-refractivity contribution in [2.45, 2.75) is 0 Å². The summed E-state index contributed by atoms with van der Waals surface area (Å²) < 4.78 is 10.4. The van der Waals surface area contributed by atoms with Gasteiger partial charge in [0, 0.05) is 5.39 Å². The van der Waals surface area contributed by atoms with Crippen molar-refractivity contribution in [1.82, 2.24) is 0 Å². The van der Waals surface area contributed by atoms with Crippen LogP contribution in [0.3, 0.4) is 0 Å². The molecule has 0 amide bonds. The number of hydrogen-bond donors (Lipinski definition) is 0. The zero-order chi connectivity index (χ0) is 16.2. The number of esters is 1. The second kappa shape index (κ2) is 6.16. The van der Waals surface area contributed by atoms with Crippen LogP contribution in [0.15, 0.2) is 59.0 Å². The highest BCUT2D eigenvalue weighted by atomic mass is 16.5. The predicted octanol–water partition coefficient (Wildman–Crippen LogP) is 3.34. The van der Waals surface area contributed by atoms with E-state index in [2.05, 4.69) is 0 Å². The van der Waals surface area contributed by atoms with Crippen molar-refractivity contribution in [2.24, 2.45) is 0 Å². The average molecular weight is 305 g/mol. The predicted molar refractivity (Wildman–Crippen MR) is 82.0 cm³/mol. The van der Waals surface area contributed by atoms with Crippen molar-refractivity contribution >= 4 is 22.7 Å². The molecule has 1 aromatic heterocycles. The summed E-state index contributed by atoms with van der Waals surface area (Å²) in [6, 6.07) is 16.8. The van der Waals surface area contributed by atoms with Crippen molar-refractivity contribution in [2.75, 3.05) is 6.61 Å². The molecule has 23 heavy (non-hydrogen) atoms. The Kier molecular flexibility index (Phi) is 3.89. The molecule has 0 saturated heterocycles. The molecule has 0 N–H and O–H groups in total. The molecule has 5 nitrogen and oxygen atoms in total. The van der Waals surface area contributed by atoms with Crippen LogP contribution in [0, 0.1) is 11.3 Å². The molecule has 0 radical (unpaired) electrons. The van der Waals surface area contributed by atoms with Gasteiger partial charge in [0.2, 0.25) is 5.78 Å². The number of ether oxygens (including phenoxy) is 1. The summed E-state index contributed by atoms with van der Waals surface area (Å²) in [5.41, 5.74) is 1.33. The second-order valence-corrected chi connectivity index (χ2v) is 4.84. The van der Waals surface area contributed by atoms with Crippen LogP contribution in [-0.4, -0.2) is 18.4 Å². The van der Waals surface area contributed by atoms with Gasteiger partial charge in [0.15, 0.2) is 12.4 Å². The number of benzene rings is 2. The van der Waals surface area contributed by atoms with E-state index in [0.29, 0.717) is 11.1 Å². The summed E-state index contributed by atoms with van der Waals surface area (Å²) in [6.45, 7) is -0.404. The van der Waals surface area contributed by atoms with Crippen LogP contribution in [-0.2, 0) is 4.74 Å². The smallest absolute Gasteiger partial charge is 0.338 e. The molecule has 1 heterocycles.